The Hall–Kier alpha value is -4.14. The zero-order chi connectivity index (χ0) is 25.3. The van der Waals surface area contributed by atoms with Gasteiger partial charge < -0.3 is 14.7 Å². The van der Waals surface area contributed by atoms with Crippen molar-refractivity contribution < 1.29 is 37.0 Å². The molecule has 0 bridgehead atoms. The van der Waals surface area contributed by atoms with Gasteiger partial charge in [-0.25, -0.2) is 4.39 Å². The summed E-state index contributed by atoms with van der Waals surface area (Å²) in [7, 11) is 1.47. The predicted octanol–water partition coefficient (Wildman–Crippen LogP) is 5.48. The number of likely N-dealkylation sites (tertiary alicyclic amines) is 1. The molecule has 1 fully saturated rings. The molecule has 1 N–H and O–H groups in total. The Balaban J connectivity index is 1.78. The molecule has 35 heavy (non-hydrogen) atoms. The lowest BCUT2D eigenvalue weighted by atomic mass is 9.95. The summed E-state index contributed by atoms with van der Waals surface area (Å²) in [5, 5.41) is 11.0. The molecule has 1 atom stereocenters. The summed E-state index contributed by atoms with van der Waals surface area (Å²) in [4.78, 5) is 27.2. The second kappa shape index (κ2) is 9.25. The van der Waals surface area contributed by atoms with Crippen molar-refractivity contribution in [3.8, 4) is 5.75 Å². The minimum absolute atomic E-state index is 0.204. The fraction of sp³-hybridized carbons (Fsp3) is 0.154. The largest absolute Gasteiger partial charge is 0.507 e. The molecule has 0 aromatic heterocycles. The lowest BCUT2D eigenvalue weighted by Gasteiger charge is -2.25. The summed E-state index contributed by atoms with van der Waals surface area (Å²) in [6, 6.07) is 14.4. The molecule has 5 nitrogen and oxygen atoms in total. The molecule has 4 rings (SSSR count). The topological polar surface area (TPSA) is 66.8 Å². The van der Waals surface area contributed by atoms with E-state index in [4.69, 9.17) is 4.74 Å². The van der Waals surface area contributed by atoms with Crippen LogP contribution in [-0.2, 0) is 22.3 Å². The zero-order valence-electron chi connectivity index (χ0n) is 18.3. The van der Waals surface area contributed by atoms with E-state index in [1.165, 1.54) is 43.5 Å². The first kappa shape index (κ1) is 24.0. The van der Waals surface area contributed by atoms with Gasteiger partial charge in [0.25, 0.3) is 11.7 Å². The van der Waals surface area contributed by atoms with E-state index in [-0.39, 0.29) is 17.7 Å². The Morgan fingerprint density at radius 1 is 0.943 bits per heavy atom. The second-order valence-electron chi connectivity index (χ2n) is 7.90. The predicted molar refractivity (Wildman–Crippen MR) is 119 cm³/mol. The van der Waals surface area contributed by atoms with Gasteiger partial charge in [-0.15, -0.1) is 0 Å². The van der Waals surface area contributed by atoms with Crippen LogP contribution in [0.5, 0.6) is 5.75 Å². The summed E-state index contributed by atoms with van der Waals surface area (Å²) in [6.07, 6.45) is -4.52. The Kier molecular flexibility index (Phi) is 6.34. The van der Waals surface area contributed by atoms with Crippen LogP contribution in [0.2, 0.25) is 0 Å². The van der Waals surface area contributed by atoms with Gasteiger partial charge in [0.05, 0.1) is 24.3 Å². The molecule has 9 heteroatoms. The quantitative estimate of drug-likeness (QED) is 0.225. The van der Waals surface area contributed by atoms with Crippen LogP contribution in [0.1, 0.15) is 28.3 Å². The van der Waals surface area contributed by atoms with Crippen LogP contribution in [-0.4, -0.2) is 28.8 Å². The average molecular weight is 485 g/mol. The number of benzene rings is 3. The highest BCUT2D eigenvalue weighted by molar-refractivity contribution is 6.46. The lowest BCUT2D eigenvalue weighted by Crippen LogP contribution is -2.29. The third-order valence-corrected chi connectivity index (χ3v) is 5.72. The van der Waals surface area contributed by atoms with E-state index in [1.54, 1.807) is 12.1 Å². The Labute approximate surface area is 197 Å². The number of hydrogen-bond acceptors (Lipinski definition) is 4. The van der Waals surface area contributed by atoms with Crippen LogP contribution >= 0.6 is 0 Å². The normalized spacial score (nSPS) is 17.6. The molecule has 1 aliphatic heterocycles. The summed E-state index contributed by atoms with van der Waals surface area (Å²) < 4.78 is 57.4. The summed E-state index contributed by atoms with van der Waals surface area (Å²) >= 11 is 0. The van der Waals surface area contributed by atoms with Gasteiger partial charge in [0.2, 0.25) is 0 Å². The number of ketones is 1. The molecule has 1 unspecified atom stereocenters. The lowest BCUT2D eigenvalue weighted by molar-refractivity contribution is -0.140. The van der Waals surface area contributed by atoms with Crippen LogP contribution in [0.15, 0.2) is 78.4 Å². The molecule has 0 saturated carbocycles. The van der Waals surface area contributed by atoms with Gasteiger partial charge in [0.1, 0.15) is 17.3 Å². The number of alkyl halides is 3. The third kappa shape index (κ3) is 4.75. The number of carbonyl (C=O) groups is 2. The minimum Gasteiger partial charge on any atom is -0.507 e. The molecule has 1 heterocycles. The highest BCUT2D eigenvalue weighted by atomic mass is 19.4. The van der Waals surface area contributed by atoms with E-state index in [2.05, 4.69) is 0 Å². The number of halogens is 4. The number of Topliss-reactive ketones (excluding diaryl/α,β-unsaturated/α-hetero) is 1. The van der Waals surface area contributed by atoms with Crippen molar-refractivity contribution in [2.24, 2.45) is 0 Å². The van der Waals surface area contributed by atoms with Gasteiger partial charge in [-0.2, -0.15) is 13.2 Å². The molecule has 0 aliphatic carbocycles. The molecule has 1 aliphatic rings. The van der Waals surface area contributed by atoms with Gasteiger partial charge in [0, 0.05) is 12.1 Å². The van der Waals surface area contributed by atoms with Gasteiger partial charge >= 0.3 is 6.18 Å². The van der Waals surface area contributed by atoms with Crippen LogP contribution in [0.4, 0.5) is 17.6 Å². The Morgan fingerprint density at radius 3 is 2.09 bits per heavy atom. The molecule has 1 amide bonds. The highest BCUT2D eigenvalue weighted by Crippen LogP contribution is 2.40. The molecular weight excluding hydrogens is 466 g/mol. The van der Waals surface area contributed by atoms with Crippen molar-refractivity contribution in [2.75, 3.05) is 7.11 Å². The maximum atomic E-state index is 13.6. The number of nitrogens with zero attached hydrogens (tertiary/aromatic N) is 1. The van der Waals surface area contributed by atoms with Gasteiger partial charge in [0.15, 0.2) is 0 Å². The van der Waals surface area contributed by atoms with Gasteiger partial charge in [-0.1, -0.05) is 24.3 Å². The van der Waals surface area contributed by atoms with Crippen molar-refractivity contribution in [3.05, 3.63) is 106 Å². The van der Waals surface area contributed by atoms with Crippen LogP contribution < -0.4 is 4.74 Å². The number of ether oxygens (including phenoxy) is 1. The molecule has 0 spiro atoms. The molecular formula is C26H19F4NO4. The number of amides is 1. The molecule has 0 radical (unpaired) electrons. The number of aliphatic hydroxyl groups is 1. The average Bonchev–Trinajstić information content (AvgIpc) is 3.09. The number of methoxy groups -OCH3 is 1. The van der Waals surface area contributed by atoms with Gasteiger partial charge in [-0.3, -0.25) is 9.59 Å². The van der Waals surface area contributed by atoms with Crippen molar-refractivity contribution in [1.29, 1.82) is 0 Å². The summed E-state index contributed by atoms with van der Waals surface area (Å²) in [5.41, 5.74) is -0.106. The van der Waals surface area contributed by atoms with Crippen molar-refractivity contribution in [2.45, 2.75) is 18.8 Å². The Morgan fingerprint density at radius 2 is 1.54 bits per heavy atom. The number of carbonyl (C=O) groups excluding carboxylic acids is 2. The monoisotopic (exact) mass is 485 g/mol. The standard InChI is InChI=1S/C26H19F4NO4/c1-35-20-12-6-17(7-13-20)23(32)21-22(16-4-10-19(27)11-5-16)31(25(34)24(21)33)14-15-2-8-18(9-3-15)26(28,29)30/h2-13,22,32H,14H2,1H3/b23-21-. The third-order valence-electron chi connectivity index (χ3n) is 5.72. The fourth-order valence-corrected chi connectivity index (χ4v) is 3.93. The smallest absolute Gasteiger partial charge is 0.416 e. The first-order valence-electron chi connectivity index (χ1n) is 10.4. The summed E-state index contributed by atoms with van der Waals surface area (Å²) in [6.45, 7) is -0.204. The maximum Gasteiger partial charge on any atom is 0.416 e. The van der Waals surface area contributed by atoms with E-state index in [9.17, 15) is 32.3 Å². The first-order valence-corrected chi connectivity index (χ1v) is 10.4. The number of hydrogen-bond donors (Lipinski definition) is 1. The van der Waals surface area contributed by atoms with E-state index in [1.807, 2.05) is 0 Å². The number of aliphatic hydroxyl groups excluding tert-OH is 1. The van der Waals surface area contributed by atoms with Crippen LogP contribution in [0, 0.1) is 5.82 Å². The van der Waals surface area contributed by atoms with Crippen molar-refractivity contribution >= 4 is 17.4 Å². The fourth-order valence-electron chi connectivity index (χ4n) is 3.93. The molecule has 180 valence electrons. The maximum absolute atomic E-state index is 13.6. The minimum atomic E-state index is -4.52. The first-order chi connectivity index (χ1) is 16.6. The van der Waals surface area contributed by atoms with E-state index in [0.29, 0.717) is 16.9 Å². The van der Waals surface area contributed by atoms with Gasteiger partial charge in [-0.05, 0) is 59.7 Å². The molecule has 3 aromatic rings. The van der Waals surface area contributed by atoms with Crippen LogP contribution in [0.3, 0.4) is 0 Å². The number of rotatable bonds is 5. The highest BCUT2D eigenvalue weighted by Gasteiger charge is 2.46. The van der Waals surface area contributed by atoms with E-state index < -0.39 is 41.0 Å². The van der Waals surface area contributed by atoms with Crippen molar-refractivity contribution in [3.63, 3.8) is 0 Å². The van der Waals surface area contributed by atoms with E-state index in [0.717, 1.165) is 29.2 Å². The Bertz CT molecular complexity index is 1280. The van der Waals surface area contributed by atoms with Crippen LogP contribution in [0.25, 0.3) is 5.76 Å². The van der Waals surface area contributed by atoms with E-state index >= 15 is 0 Å². The SMILES string of the molecule is COc1ccc(/C(O)=C2/C(=O)C(=O)N(Cc3ccc(C(F)(F)F)cc3)C2c2ccc(F)cc2)cc1. The molecule has 3 aromatic carbocycles. The zero-order valence-corrected chi connectivity index (χ0v) is 18.3. The molecule has 1 saturated heterocycles. The van der Waals surface area contributed by atoms with Crippen molar-refractivity contribution in [1.82, 2.24) is 4.90 Å². The summed E-state index contributed by atoms with van der Waals surface area (Å²) in [5.74, 6) is -2.35. The second-order valence-corrected chi connectivity index (χ2v) is 7.90.